The van der Waals surface area contributed by atoms with Crippen molar-refractivity contribution in [3.8, 4) is 5.75 Å². The molecule has 0 saturated heterocycles. The number of benzene rings is 1. The number of carbonyl (C=O) groups is 1. The third kappa shape index (κ3) is 2.86. The quantitative estimate of drug-likeness (QED) is 0.626. The van der Waals surface area contributed by atoms with Gasteiger partial charge in [-0.2, -0.15) is 0 Å². The fourth-order valence-electron chi connectivity index (χ4n) is 2.12. The number of rotatable bonds is 5. The lowest BCUT2D eigenvalue weighted by Crippen LogP contribution is -2.19. The molecule has 0 radical (unpaired) electrons. The molecule has 1 N–H and O–H groups in total. The highest BCUT2D eigenvalue weighted by molar-refractivity contribution is 5.99. The standard InChI is InChI=1S/C14H19NO2/c1-2-15-9-8-13(16)12-7-3-5-11-6-4-10-17-14(11)12/h3,5,7,15H,2,4,6,8-10H2,1H3. The molecule has 17 heavy (non-hydrogen) atoms. The van der Waals surface area contributed by atoms with Crippen molar-refractivity contribution >= 4 is 5.78 Å². The van der Waals surface area contributed by atoms with Crippen molar-refractivity contribution in [3.05, 3.63) is 29.3 Å². The molecule has 92 valence electrons. The van der Waals surface area contributed by atoms with Crippen molar-refractivity contribution in [2.45, 2.75) is 26.2 Å². The molecular formula is C14H19NO2. The van der Waals surface area contributed by atoms with Gasteiger partial charge in [-0.15, -0.1) is 0 Å². The molecule has 0 aromatic heterocycles. The summed E-state index contributed by atoms with van der Waals surface area (Å²) in [5.74, 6) is 0.991. The number of carbonyl (C=O) groups excluding carboxylic acids is 1. The monoisotopic (exact) mass is 233 g/mol. The second-order valence-corrected chi connectivity index (χ2v) is 4.27. The topological polar surface area (TPSA) is 38.3 Å². The molecule has 3 heteroatoms. The Morgan fingerprint density at radius 1 is 1.47 bits per heavy atom. The number of fused-ring (bicyclic) bond motifs is 1. The second kappa shape index (κ2) is 5.82. The highest BCUT2D eigenvalue weighted by Crippen LogP contribution is 2.29. The van der Waals surface area contributed by atoms with Crippen LogP contribution in [0.25, 0.3) is 0 Å². The SMILES string of the molecule is CCNCCC(=O)c1cccc2c1OCCC2. The number of hydrogen-bond donors (Lipinski definition) is 1. The van der Waals surface area contributed by atoms with Crippen LogP contribution in [-0.2, 0) is 6.42 Å². The number of hydrogen-bond acceptors (Lipinski definition) is 3. The lowest BCUT2D eigenvalue weighted by molar-refractivity contribution is 0.0978. The fourth-order valence-corrected chi connectivity index (χ4v) is 2.12. The van der Waals surface area contributed by atoms with Crippen LogP contribution < -0.4 is 10.1 Å². The Hall–Kier alpha value is -1.35. The van der Waals surface area contributed by atoms with Crippen LogP contribution in [0.3, 0.4) is 0 Å². The van der Waals surface area contributed by atoms with E-state index in [1.54, 1.807) is 0 Å². The Bertz CT molecular complexity index is 401. The first-order valence-electron chi connectivity index (χ1n) is 6.31. The summed E-state index contributed by atoms with van der Waals surface area (Å²) in [6.07, 6.45) is 2.60. The van der Waals surface area contributed by atoms with E-state index in [0.717, 1.165) is 43.9 Å². The zero-order chi connectivity index (χ0) is 12.1. The van der Waals surface area contributed by atoms with Crippen LogP contribution in [0, 0.1) is 0 Å². The van der Waals surface area contributed by atoms with Crippen LogP contribution in [-0.4, -0.2) is 25.5 Å². The first-order valence-corrected chi connectivity index (χ1v) is 6.31. The summed E-state index contributed by atoms with van der Waals surface area (Å²) >= 11 is 0. The van der Waals surface area contributed by atoms with Crippen LogP contribution in [0.4, 0.5) is 0 Å². The van der Waals surface area contributed by atoms with Crippen LogP contribution in [0.15, 0.2) is 18.2 Å². The molecule has 1 aliphatic heterocycles. The van der Waals surface area contributed by atoms with Gasteiger partial charge in [0.2, 0.25) is 0 Å². The fraction of sp³-hybridized carbons (Fsp3) is 0.500. The smallest absolute Gasteiger partial charge is 0.167 e. The lowest BCUT2D eigenvalue weighted by atomic mass is 9.99. The van der Waals surface area contributed by atoms with E-state index < -0.39 is 0 Å². The van der Waals surface area contributed by atoms with Gasteiger partial charge in [0.05, 0.1) is 12.2 Å². The molecule has 0 spiro atoms. The van der Waals surface area contributed by atoms with E-state index in [4.69, 9.17) is 4.74 Å². The van der Waals surface area contributed by atoms with Gasteiger partial charge in [0.1, 0.15) is 5.75 Å². The second-order valence-electron chi connectivity index (χ2n) is 4.27. The Kier molecular flexibility index (Phi) is 4.15. The minimum absolute atomic E-state index is 0.171. The van der Waals surface area contributed by atoms with Gasteiger partial charge in [0, 0.05) is 13.0 Å². The maximum absolute atomic E-state index is 12.1. The number of Topliss-reactive ketones (excluding diaryl/α,β-unsaturated/α-hetero) is 1. The van der Waals surface area contributed by atoms with Crippen molar-refractivity contribution in [2.24, 2.45) is 0 Å². The molecule has 3 nitrogen and oxygen atoms in total. The summed E-state index contributed by atoms with van der Waals surface area (Å²) in [6.45, 7) is 4.40. The Morgan fingerprint density at radius 2 is 2.35 bits per heavy atom. The third-order valence-corrected chi connectivity index (χ3v) is 3.01. The van der Waals surface area contributed by atoms with Crippen molar-refractivity contribution in [1.29, 1.82) is 0 Å². The Labute approximate surface area is 102 Å². The van der Waals surface area contributed by atoms with Gasteiger partial charge in [0.25, 0.3) is 0 Å². The molecule has 1 heterocycles. The van der Waals surface area contributed by atoms with Crippen LogP contribution in [0.1, 0.15) is 35.7 Å². The number of aryl methyl sites for hydroxylation is 1. The normalized spacial score (nSPS) is 13.9. The molecule has 0 bridgehead atoms. The molecule has 2 rings (SSSR count). The van der Waals surface area contributed by atoms with Gasteiger partial charge in [-0.05, 0) is 31.0 Å². The maximum atomic E-state index is 12.1. The summed E-state index contributed by atoms with van der Waals surface area (Å²) in [6, 6.07) is 5.88. The van der Waals surface area contributed by atoms with E-state index in [0.29, 0.717) is 6.42 Å². The van der Waals surface area contributed by atoms with Crippen molar-refractivity contribution in [3.63, 3.8) is 0 Å². The first kappa shape index (κ1) is 12.1. The maximum Gasteiger partial charge on any atom is 0.167 e. The zero-order valence-electron chi connectivity index (χ0n) is 10.3. The number of para-hydroxylation sites is 1. The van der Waals surface area contributed by atoms with Crippen molar-refractivity contribution in [2.75, 3.05) is 19.7 Å². The highest BCUT2D eigenvalue weighted by atomic mass is 16.5. The predicted octanol–water partition coefficient (Wildman–Crippen LogP) is 2.19. The summed E-state index contributed by atoms with van der Waals surface area (Å²) in [4.78, 5) is 12.1. The van der Waals surface area contributed by atoms with E-state index in [-0.39, 0.29) is 5.78 Å². The van der Waals surface area contributed by atoms with E-state index in [2.05, 4.69) is 11.4 Å². The van der Waals surface area contributed by atoms with Gasteiger partial charge in [-0.3, -0.25) is 4.79 Å². The molecule has 1 aliphatic rings. The van der Waals surface area contributed by atoms with Gasteiger partial charge in [0.15, 0.2) is 5.78 Å². The first-order chi connectivity index (χ1) is 8.33. The van der Waals surface area contributed by atoms with Crippen LogP contribution >= 0.6 is 0 Å². The van der Waals surface area contributed by atoms with E-state index >= 15 is 0 Å². The Morgan fingerprint density at radius 3 is 3.18 bits per heavy atom. The molecule has 1 aromatic rings. The van der Waals surface area contributed by atoms with Crippen LogP contribution in [0.2, 0.25) is 0 Å². The van der Waals surface area contributed by atoms with Crippen molar-refractivity contribution in [1.82, 2.24) is 5.32 Å². The van der Waals surface area contributed by atoms with Crippen molar-refractivity contribution < 1.29 is 9.53 Å². The highest BCUT2D eigenvalue weighted by Gasteiger charge is 2.18. The average Bonchev–Trinajstić information content (AvgIpc) is 2.38. The van der Waals surface area contributed by atoms with E-state index in [1.165, 1.54) is 5.56 Å². The molecule has 0 saturated carbocycles. The summed E-state index contributed by atoms with van der Waals surface area (Å²) in [5.41, 5.74) is 1.92. The zero-order valence-corrected chi connectivity index (χ0v) is 10.3. The molecule has 0 amide bonds. The molecular weight excluding hydrogens is 214 g/mol. The summed E-state index contributed by atoms with van der Waals surface area (Å²) < 4.78 is 5.64. The van der Waals surface area contributed by atoms with Gasteiger partial charge in [-0.1, -0.05) is 19.1 Å². The largest absolute Gasteiger partial charge is 0.493 e. The molecule has 1 aromatic carbocycles. The van der Waals surface area contributed by atoms with Gasteiger partial charge < -0.3 is 10.1 Å². The van der Waals surface area contributed by atoms with Gasteiger partial charge in [-0.25, -0.2) is 0 Å². The summed E-state index contributed by atoms with van der Waals surface area (Å²) in [7, 11) is 0. The minimum Gasteiger partial charge on any atom is -0.493 e. The molecule has 0 atom stereocenters. The molecule has 0 aliphatic carbocycles. The molecule has 0 unspecified atom stereocenters. The third-order valence-electron chi connectivity index (χ3n) is 3.01. The number of ether oxygens (including phenoxy) is 1. The predicted molar refractivity (Wildman–Crippen MR) is 67.7 cm³/mol. The Balaban J connectivity index is 2.12. The number of ketones is 1. The van der Waals surface area contributed by atoms with E-state index in [1.807, 2.05) is 19.1 Å². The van der Waals surface area contributed by atoms with Gasteiger partial charge >= 0.3 is 0 Å². The molecule has 0 fully saturated rings. The van der Waals surface area contributed by atoms with E-state index in [9.17, 15) is 4.79 Å². The summed E-state index contributed by atoms with van der Waals surface area (Å²) in [5, 5.41) is 3.17. The minimum atomic E-state index is 0.171. The number of nitrogens with one attached hydrogen (secondary N) is 1. The lowest BCUT2D eigenvalue weighted by Gasteiger charge is -2.19. The van der Waals surface area contributed by atoms with Crippen LogP contribution in [0.5, 0.6) is 5.75 Å². The average molecular weight is 233 g/mol.